The van der Waals surface area contributed by atoms with Crippen LogP contribution < -0.4 is 10.2 Å². The molecule has 1 atom stereocenters. The molecule has 2 aliphatic heterocycles. The SMILES string of the molecule is CCN1c2cc(C)c(/C=C3\SC(=Nc4cccc(Cl)c4Cl)NC3=O)cc2[C@H](C)CC1(C)C. The first-order chi connectivity index (χ1) is 15.1. The molecule has 1 fully saturated rings. The second-order valence-corrected chi connectivity index (χ2v) is 10.8. The number of rotatable bonds is 3. The van der Waals surface area contributed by atoms with Crippen LogP contribution in [0, 0.1) is 6.92 Å². The molecule has 1 N–H and O–H groups in total. The third-order valence-electron chi connectivity index (χ3n) is 6.18. The minimum Gasteiger partial charge on any atom is -0.366 e. The minimum absolute atomic E-state index is 0.127. The predicted molar refractivity (Wildman–Crippen MR) is 139 cm³/mol. The Morgan fingerprint density at radius 1 is 1.31 bits per heavy atom. The van der Waals surface area contributed by atoms with Crippen molar-refractivity contribution in [3.63, 3.8) is 0 Å². The molecule has 1 saturated heterocycles. The summed E-state index contributed by atoms with van der Waals surface area (Å²) in [4.78, 5) is 20.2. The van der Waals surface area contributed by atoms with Crippen LogP contribution in [0.3, 0.4) is 0 Å². The van der Waals surface area contributed by atoms with Gasteiger partial charge in [-0.05, 0) is 98.8 Å². The Bertz CT molecular complexity index is 1160. The molecule has 0 saturated carbocycles. The molecule has 0 bridgehead atoms. The number of nitrogens with one attached hydrogen (secondary N) is 1. The molecule has 0 aliphatic carbocycles. The van der Waals surface area contributed by atoms with E-state index in [9.17, 15) is 4.79 Å². The number of hydrogen-bond donors (Lipinski definition) is 1. The number of halogens is 2. The van der Waals surface area contributed by atoms with Crippen molar-refractivity contribution in [1.29, 1.82) is 0 Å². The van der Waals surface area contributed by atoms with Crippen molar-refractivity contribution in [1.82, 2.24) is 5.32 Å². The van der Waals surface area contributed by atoms with E-state index in [4.69, 9.17) is 23.2 Å². The average molecular weight is 488 g/mol. The number of thioether (sulfide) groups is 1. The standard InChI is InChI=1S/C25H27Cl2N3OS/c1-6-30-20-10-14(2)16(11-17(20)15(3)13-25(30,4)5)12-21-23(31)29-24(32-21)28-19-9-7-8-18(26)22(19)27/h7-12,15H,6,13H2,1-5H3,(H,28,29,31)/b21-12-/t15-/m1/s1. The molecule has 0 unspecified atom stereocenters. The van der Waals surface area contributed by atoms with Gasteiger partial charge in [-0.25, -0.2) is 4.99 Å². The first kappa shape index (κ1) is 23.2. The van der Waals surface area contributed by atoms with E-state index in [1.807, 2.05) is 6.08 Å². The summed E-state index contributed by atoms with van der Waals surface area (Å²) in [6, 6.07) is 9.77. The van der Waals surface area contributed by atoms with E-state index in [2.05, 4.69) is 62.0 Å². The number of nitrogens with zero attached hydrogens (tertiary/aromatic N) is 2. The normalized spacial score (nSPS) is 22.4. The summed E-state index contributed by atoms with van der Waals surface area (Å²) in [7, 11) is 0. The predicted octanol–water partition coefficient (Wildman–Crippen LogP) is 7.31. The molecule has 0 radical (unpaired) electrons. The quantitative estimate of drug-likeness (QED) is 0.461. The number of carbonyl (C=O) groups is 1. The zero-order valence-corrected chi connectivity index (χ0v) is 21.3. The smallest absolute Gasteiger partial charge is 0.264 e. The maximum absolute atomic E-state index is 12.6. The van der Waals surface area contributed by atoms with Crippen molar-refractivity contribution in [2.75, 3.05) is 11.4 Å². The fraction of sp³-hybridized carbons (Fsp3) is 0.360. The van der Waals surface area contributed by atoms with Crippen molar-refractivity contribution in [2.45, 2.75) is 52.5 Å². The highest BCUT2D eigenvalue weighted by Crippen LogP contribution is 2.44. The number of aryl methyl sites for hydroxylation is 1. The summed E-state index contributed by atoms with van der Waals surface area (Å²) in [5.74, 6) is 0.293. The van der Waals surface area contributed by atoms with Gasteiger partial charge in [-0.3, -0.25) is 4.79 Å². The average Bonchev–Trinajstić information content (AvgIpc) is 3.05. The lowest BCUT2D eigenvalue weighted by molar-refractivity contribution is -0.115. The van der Waals surface area contributed by atoms with Crippen molar-refractivity contribution < 1.29 is 4.79 Å². The van der Waals surface area contributed by atoms with Crippen LogP contribution in [0.25, 0.3) is 6.08 Å². The highest BCUT2D eigenvalue weighted by molar-refractivity contribution is 8.18. The molecule has 2 aliphatic rings. The number of anilines is 1. The van der Waals surface area contributed by atoms with Gasteiger partial charge in [0.25, 0.3) is 5.91 Å². The van der Waals surface area contributed by atoms with E-state index in [0.717, 1.165) is 24.1 Å². The molecule has 4 rings (SSSR count). The highest BCUT2D eigenvalue weighted by atomic mass is 35.5. The number of amides is 1. The highest BCUT2D eigenvalue weighted by Gasteiger charge is 2.36. The monoisotopic (exact) mass is 487 g/mol. The molecule has 168 valence electrons. The van der Waals surface area contributed by atoms with Crippen LogP contribution in [-0.4, -0.2) is 23.2 Å². The van der Waals surface area contributed by atoms with Gasteiger partial charge in [0, 0.05) is 17.8 Å². The number of amidine groups is 1. The molecule has 7 heteroatoms. The van der Waals surface area contributed by atoms with Crippen LogP contribution in [0.1, 0.15) is 56.7 Å². The first-order valence-corrected chi connectivity index (χ1v) is 12.3. The third-order valence-corrected chi connectivity index (χ3v) is 7.90. The van der Waals surface area contributed by atoms with Crippen molar-refractivity contribution in [3.05, 3.63) is 62.0 Å². The number of hydrogen-bond acceptors (Lipinski definition) is 4. The Hall–Kier alpha value is -1.95. The molecule has 2 heterocycles. The molecule has 32 heavy (non-hydrogen) atoms. The van der Waals surface area contributed by atoms with Gasteiger partial charge in [-0.2, -0.15) is 0 Å². The van der Waals surface area contributed by atoms with Crippen LogP contribution >= 0.6 is 35.0 Å². The van der Waals surface area contributed by atoms with Gasteiger partial charge >= 0.3 is 0 Å². The molecule has 1 amide bonds. The molecule has 2 aromatic rings. The van der Waals surface area contributed by atoms with Gasteiger partial charge in [0.2, 0.25) is 0 Å². The van der Waals surface area contributed by atoms with Gasteiger partial charge in [-0.15, -0.1) is 0 Å². The molecule has 2 aromatic carbocycles. The summed E-state index contributed by atoms with van der Waals surface area (Å²) in [6.45, 7) is 12.2. The topological polar surface area (TPSA) is 44.7 Å². The zero-order valence-electron chi connectivity index (χ0n) is 18.9. The van der Waals surface area contributed by atoms with Crippen LogP contribution in [0.2, 0.25) is 10.0 Å². The first-order valence-electron chi connectivity index (χ1n) is 10.8. The Kier molecular flexibility index (Phi) is 6.36. The zero-order chi connectivity index (χ0) is 23.2. The van der Waals surface area contributed by atoms with Gasteiger partial charge in [0.05, 0.1) is 20.6 Å². The van der Waals surface area contributed by atoms with Gasteiger partial charge in [0.15, 0.2) is 5.17 Å². The van der Waals surface area contributed by atoms with E-state index < -0.39 is 0 Å². The van der Waals surface area contributed by atoms with Crippen LogP contribution in [-0.2, 0) is 4.79 Å². The lowest BCUT2D eigenvalue weighted by Gasteiger charge is -2.47. The maximum atomic E-state index is 12.6. The second kappa shape index (κ2) is 8.77. The van der Waals surface area contributed by atoms with E-state index >= 15 is 0 Å². The molecule has 0 spiro atoms. The van der Waals surface area contributed by atoms with E-state index in [1.165, 1.54) is 23.0 Å². The van der Waals surface area contributed by atoms with Crippen LogP contribution in [0.15, 0.2) is 40.2 Å². The summed E-state index contributed by atoms with van der Waals surface area (Å²) >= 11 is 13.6. The van der Waals surface area contributed by atoms with Gasteiger partial charge in [-0.1, -0.05) is 36.2 Å². The largest absolute Gasteiger partial charge is 0.366 e. The van der Waals surface area contributed by atoms with Crippen molar-refractivity contribution in [2.24, 2.45) is 4.99 Å². The lowest BCUT2D eigenvalue weighted by atomic mass is 9.79. The summed E-state index contributed by atoms with van der Waals surface area (Å²) < 4.78 is 0. The minimum atomic E-state index is -0.159. The molecule has 0 aromatic heterocycles. The summed E-state index contributed by atoms with van der Waals surface area (Å²) in [6.07, 6.45) is 3.06. The molecule has 4 nitrogen and oxygen atoms in total. The summed E-state index contributed by atoms with van der Waals surface area (Å²) in [5.41, 5.74) is 5.51. The Balaban J connectivity index is 1.68. The van der Waals surface area contributed by atoms with Crippen molar-refractivity contribution in [3.8, 4) is 0 Å². The lowest BCUT2D eigenvalue weighted by Crippen LogP contribution is -2.48. The number of fused-ring (bicyclic) bond motifs is 1. The Morgan fingerprint density at radius 3 is 2.78 bits per heavy atom. The number of aliphatic imine (C=N–C) groups is 1. The van der Waals surface area contributed by atoms with Gasteiger partial charge < -0.3 is 10.2 Å². The van der Waals surface area contributed by atoms with Crippen molar-refractivity contribution >= 4 is 63.5 Å². The maximum Gasteiger partial charge on any atom is 0.264 e. The van der Waals surface area contributed by atoms with Gasteiger partial charge in [0.1, 0.15) is 0 Å². The van der Waals surface area contributed by atoms with E-state index in [0.29, 0.717) is 31.7 Å². The molecular formula is C25H27Cl2N3OS. The van der Waals surface area contributed by atoms with E-state index in [-0.39, 0.29) is 11.4 Å². The van der Waals surface area contributed by atoms with Crippen LogP contribution in [0.5, 0.6) is 0 Å². The molecular weight excluding hydrogens is 461 g/mol. The Labute approximate surface area is 204 Å². The number of carbonyl (C=O) groups excluding carboxylic acids is 1. The second-order valence-electron chi connectivity index (χ2n) is 8.98. The fourth-order valence-corrected chi connectivity index (χ4v) is 5.88. The van der Waals surface area contributed by atoms with Crippen LogP contribution in [0.4, 0.5) is 11.4 Å². The number of benzene rings is 2. The Morgan fingerprint density at radius 2 is 2.06 bits per heavy atom. The fourth-order valence-electron chi connectivity index (χ4n) is 4.71. The third kappa shape index (κ3) is 4.30. The summed E-state index contributed by atoms with van der Waals surface area (Å²) in [5, 5.41) is 4.13. The van der Waals surface area contributed by atoms with E-state index in [1.54, 1.807) is 18.2 Å².